The Balaban J connectivity index is 1.67. The van der Waals surface area contributed by atoms with Gasteiger partial charge in [0.25, 0.3) is 0 Å². The van der Waals surface area contributed by atoms with E-state index in [0.717, 1.165) is 19.4 Å². The van der Waals surface area contributed by atoms with Gasteiger partial charge in [-0.05, 0) is 43.7 Å². The van der Waals surface area contributed by atoms with E-state index in [0.29, 0.717) is 6.04 Å². The van der Waals surface area contributed by atoms with Gasteiger partial charge < -0.3 is 10.4 Å². The highest BCUT2D eigenvalue weighted by molar-refractivity contribution is 5.37. The molecular weight excluding hydrogens is 222 g/mol. The standard InChI is InChI=1S/C16H23NO/c1-12-4-5-13-6-7-15(14(13)10-12)17-11-16(18)8-2-3-9-16/h4-5,10,15,17-18H,2-3,6-9,11H2,1H3. The molecule has 2 aliphatic rings. The van der Waals surface area contributed by atoms with Crippen molar-refractivity contribution in [3.63, 3.8) is 0 Å². The predicted octanol–water partition coefficient (Wildman–Crippen LogP) is 2.88. The first kappa shape index (κ1) is 12.2. The van der Waals surface area contributed by atoms with Crippen molar-refractivity contribution in [1.29, 1.82) is 0 Å². The molecule has 3 rings (SSSR count). The van der Waals surface area contributed by atoms with Crippen LogP contribution in [0.4, 0.5) is 0 Å². The Morgan fingerprint density at radius 2 is 2.11 bits per heavy atom. The van der Waals surface area contributed by atoms with Crippen LogP contribution in [0.15, 0.2) is 18.2 Å². The van der Waals surface area contributed by atoms with E-state index in [1.165, 1.54) is 42.4 Å². The highest BCUT2D eigenvalue weighted by atomic mass is 16.3. The Labute approximate surface area is 109 Å². The average Bonchev–Trinajstić information content (AvgIpc) is 2.94. The fourth-order valence-corrected chi connectivity index (χ4v) is 3.46. The summed E-state index contributed by atoms with van der Waals surface area (Å²) in [6, 6.07) is 7.21. The Kier molecular flexibility index (Phi) is 3.16. The molecule has 0 spiro atoms. The Hall–Kier alpha value is -0.860. The molecule has 0 heterocycles. The van der Waals surface area contributed by atoms with Gasteiger partial charge in [0.15, 0.2) is 0 Å². The average molecular weight is 245 g/mol. The molecule has 1 fully saturated rings. The van der Waals surface area contributed by atoms with E-state index < -0.39 is 5.60 Å². The summed E-state index contributed by atoms with van der Waals surface area (Å²) in [4.78, 5) is 0. The van der Waals surface area contributed by atoms with Crippen LogP contribution in [-0.2, 0) is 6.42 Å². The second-order valence-electron chi connectivity index (χ2n) is 6.11. The van der Waals surface area contributed by atoms with Gasteiger partial charge in [0.05, 0.1) is 5.60 Å². The third-order valence-electron chi connectivity index (χ3n) is 4.59. The molecule has 1 aromatic rings. The summed E-state index contributed by atoms with van der Waals surface area (Å²) in [6.07, 6.45) is 6.64. The Morgan fingerprint density at radius 3 is 2.89 bits per heavy atom. The molecule has 0 bridgehead atoms. The predicted molar refractivity (Wildman–Crippen MR) is 73.7 cm³/mol. The molecule has 2 aliphatic carbocycles. The van der Waals surface area contributed by atoms with Gasteiger partial charge in [0.1, 0.15) is 0 Å². The van der Waals surface area contributed by atoms with Gasteiger partial charge in [0, 0.05) is 12.6 Å². The molecule has 1 unspecified atom stereocenters. The topological polar surface area (TPSA) is 32.3 Å². The van der Waals surface area contributed by atoms with Gasteiger partial charge in [-0.1, -0.05) is 36.6 Å². The quantitative estimate of drug-likeness (QED) is 0.858. The van der Waals surface area contributed by atoms with Crippen molar-refractivity contribution in [2.24, 2.45) is 0 Å². The van der Waals surface area contributed by atoms with E-state index in [2.05, 4.69) is 30.4 Å². The van der Waals surface area contributed by atoms with Crippen LogP contribution < -0.4 is 5.32 Å². The number of nitrogens with one attached hydrogen (secondary N) is 1. The molecule has 1 saturated carbocycles. The van der Waals surface area contributed by atoms with E-state index in [9.17, 15) is 5.11 Å². The zero-order chi connectivity index (χ0) is 12.6. The molecular formula is C16H23NO. The number of aliphatic hydroxyl groups is 1. The van der Waals surface area contributed by atoms with Crippen molar-refractivity contribution >= 4 is 0 Å². The summed E-state index contributed by atoms with van der Waals surface area (Å²) in [5.41, 5.74) is 3.84. The lowest BCUT2D eigenvalue weighted by atomic mass is 10.0. The first-order valence-electron chi connectivity index (χ1n) is 7.22. The van der Waals surface area contributed by atoms with E-state index in [4.69, 9.17) is 0 Å². The molecule has 1 aromatic carbocycles. The van der Waals surface area contributed by atoms with Crippen LogP contribution in [0, 0.1) is 6.92 Å². The molecule has 2 N–H and O–H groups in total. The van der Waals surface area contributed by atoms with Gasteiger partial charge >= 0.3 is 0 Å². The Bertz CT molecular complexity index is 435. The van der Waals surface area contributed by atoms with Crippen molar-refractivity contribution in [3.8, 4) is 0 Å². The molecule has 2 heteroatoms. The second-order valence-corrected chi connectivity index (χ2v) is 6.11. The minimum Gasteiger partial charge on any atom is -0.389 e. The van der Waals surface area contributed by atoms with Crippen LogP contribution in [0.3, 0.4) is 0 Å². The van der Waals surface area contributed by atoms with Gasteiger partial charge in [-0.15, -0.1) is 0 Å². The minimum atomic E-state index is -0.438. The van der Waals surface area contributed by atoms with E-state index in [1.807, 2.05) is 0 Å². The number of fused-ring (bicyclic) bond motifs is 1. The first-order chi connectivity index (χ1) is 8.66. The summed E-state index contributed by atoms with van der Waals surface area (Å²) in [5, 5.41) is 14.0. The van der Waals surface area contributed by atoms with Crippen LogP contribution >= 0.6 is 0 Å². The first-order valence-corrected chi connectivity index (χ1v) is 7.22. The summed E-state index contributed by atoms with van der Waals surface area (Å²) >= 11 is 0. The summed E-state index contributed by atoms with van der Waals surface area (Å²) in [5.74, 6) is 0. The van der Waals surface area contributed by atoms with Crippen molar-refractivity contribution in [1.82, 2.24) is 5.32 Å². The number of aryl methyl sites for hydroxylation is 2. The molecule has 2 nitrogen and oxygen atoms in total. The lowest BCUT2D eigenvalue weighted by Crippen LogP contribution is -2.39. The van der Waals surface area contributed by atoms with Crippen molar-refractivity contribution in [2.75, 3.05) is 6.54 Å². The fourth-order valence-electron chi connectivity index (χ4n) is 3.46. The summed E-state index contributed by atoms with van der Waals surface area (Å²) in [6.45, 7) is 2.91. The Morgan fingerprint density at radius 1 is 1.33 bits per heavy atom. The van der Waals surface area contributed by atoms with E-state index in [1.54, 1.807) is 0 Å². The molecule has 0 amide bonds. The molecule has 0 radical (unpaired) electrons. The zero-order valence-corrected chi connectivity index (χ0v) is 11.2. The van der Waals surface area contributed by atoms with Crippen LogP contribution in [-0.4, -0.2) is 17.3 Å². The lowest BCUT2D eigenvalue weighted by molar-refractivity contribution is 0.0448. The minimum absolute atomic E-state index is 0.438. The normalized spacial score (nSPS) is 25.3. The van der Waals surface area contributed by atoms with Gasteiger partial charge in [-0.25, -0.2) is 0 Å². The number of rotatable bonds is 3. The van der Waals surface area contributed by atoms with E-state index in [-0.39, 0.29) is 0 Å². The monoisotopic (exact) mass is 245 g/mol. The van der Waals surface area contributed by atoms with Crippen molar-refractivity contribution in [2.45, 2.75) is 57.1 Å². The third-order valence-corrected chi connectivity index (χ3v) is 4.59. The lowest BCUT2D eigenvalue weighted by Gasteiger charge is -2.25. The third kappa shape index (κ3) is 2.32. The maximum atomic E-state index is 10.4. The highest BCUT2D eigenvalue weighted by Gasteiger charge is 2.32. The second kappa shape index (κ2) is 4.67. The largest absolute Gasteiger partial charge is 0.389 e. The zero-order valence-electron chi connectivity index (χ0n) is 11.2. The summed E-state index contributed by atoms with van der Waals surface area (Å²) in [7, 11) is 0. The maximum absolute atomic E-state index is 10.4. The van der Waals surface area contributed by atoms with Gasteiger partial charge in [-0.3, -0.25) is 0 Å². The molecule has 18 heavy (non-hydrogen) atoms. The maximum Gasteiger partial charge on any atom is 0.0771 e. The van der Waals surface area contributed by atoms with Crippen molar-refractivity contribution < 1.29 is 5.11 Å². The van der Waals surface area contributed by atoms with Crippen LogP contribution in [0.5, 0.6) is 0 Å². The molecule has 0 aromatic heterocycles. The number of hydrogen-bond acceptors (Lipinski definition) is 2. The SMILES string of the molecule is Cc1ccc2c(c1)C(NCC1(O)CCCC1)CC2. The van der Waals surface area contributed by atoms with Crippen LogP contribution in [0.2, 0.25) is 0 Å². The molecule has 0 aliphatic heterocycles. The van der Waals surface area contributed by atoms with Crippen LogP contribution in [0.25, 0.3) is 0 Å². The van der Waals surface area contributed by atoms with E-state index >= 15 is 0 Å². The van der Waals surface area contributed by atoms with Gasteiger partial charge in [-0.2, -0.15) is 0 Å². The molecule has 0 saturated heterocycles. The molecule has 1 atom stereocenters. The highest BCUT2D eigenvalue weighted by Crippen LogP contribution is 2.34. The number of hydrogen-bond donors (Lipinski definition) is 2. The summed E-state index contributed by atoms with van der Waals surface area (Å²) < 4.78 is 0. The van der Waals surface area contributed by atoms with Gasteiger partial charge in [0.2, 0.25) is 0 Å². The molecule has 98 valence electrons. The fraction of sp³-hybridized carbons (Fsp3) is 0.625. The van der Waals surface area contributed by atoms with Crippen molar-refractivity contribution in [3.05, 3.63) is 34.9 Å². The van der Waals surface area contributed by atoms with Crippen LogP contribution in [0.1, 0.15) is 54.8 Å². The smallest absolute Gasteiger partial charge is 0.0771 e. The number of benzene rings is 1.